The third kappa shape index (κ3) is 5.15. The minimum atomic E-state index is -0.259. The summed E-state index contributed by atoms with van der Waals surface area (Å²) >= 11 is 0. The van der Waals surface area contributed by atoms with E-state index in [1.165, 1.54) is 6.20 Å². The summed E-state index contributed by atoms with van der Waals surface area (Å²) < 4.78 is 13.4. The maximum Gasteiger partial charge on any atom is 0.141 e. The van der Waals surface area contributed by atoms with Gasteiger partial charge in [-0.15, -0.1) is 0 Å². The molecule has 0 aliphatic rings. The molecule has 0 saturated heterocycles. The van der Waals surface area contributed by atoms with E-state index in [2.05, 4.69) is 36.0 Å². The second-order valence-electron chi connectivity index (χ2n) is 4.80. The summed E-state index contributed by atoms with van der Waals surface area (Å²) in [6.07, 6.45) is 4.53. The molecular weight excluding hydrogens is 241 g/mol. The van der Waals surface area contributed by atoms with E-state index in [-0.39, 0.29) is 5.82 Å². The van der Waals surface area contributed by atoms with Gasteiger partial charge in [-0.2, -0.15) is 0 Å². The summed E-state index contributed by atoms with van der Waals surface area (Å²) in [5, 5.41) is 3.32. The van der Waals surface area contributed by atoms with E-state index < -0.39 is 0 Å². The molecule has 0 aliphatic carbocycles. The van der Waals surface area contributed by atoms with Gasteiger partial charge >= 0.3 is 0 Å². The number of hydrogen-bond acceptors (Lipinski definition) is 3. The zero-order chi connectivity index (χ0) is 14.1. The lowest BCUT2D eigenvalue weighted by Crippen LogP contribution is -2.28. The van der Waals surface area contributed by atoms with Gasteiger partial charge in [0.15, 0.2) is 0 Å². The first kappa shape index (κ1) is 15.9. The van der Waals surface area contributed by atoms with E-state index in [1.807, 2.05) is 0 Å². The molecule has 4 heteroatoms. The first-order chi connectivity index (χ1) is 9.22. The van der Waals surface area contributed by atoms with Crippen molar-refractivity contribution in [3.8, 4) is 0 Å². The fraction of sp³-hybridized carbons (Fsp3) is 0.667. The Morgan fingerprint density at radius 1 is 1.16 bits per heavy atom. The first-order valence-electron chi connectivity index (χ1n) is 7.32. The molecule has 3 nitrogen and oxygen atoms in total. The van der Waals surface area contributed by atoms with Crippen molar-refractivity contribution in [3.63, 3.8) is 0 Å². The monoisotopic (exact) mass is 267 g/mol. The van der Waals surface area contributed by atoms with E-state index in [4.69, 9.17) is 0 Å². The van der Waals surface area contributed by atoms with Gasteiger partial charge in [0, 0.05) is 25.2 Å². The van der Waals surface area contributed by atoms with Crippen LogP contribution in [0.1, 0.15) is 45.6 Å². The summed E-state index contributed by atoms with van der Waals surface area (Å²) in [7, 11) is 0. The van der Waals surface area contributed by atoms with Crippen molar-refractivity contribution in [1.29, 1.82) is 0 Å². The molecule has 0 saturated carbocycles. The second-order valence-corrected chi connectivity index (χ2v) is 4.80. The normalized spacial score (nSPS) is 10.7. The van der Waals surface area contributed by atoms with Crippen LogP contribution in [0.4, 0.5) is 10.2 Å². The van der Waals surface area contributed by atoms with Crippen molar-refractivity contribution in [2.75, 3.05) is 24.5 Å². The van der Waals surface area contributed by atoms with E-state index in [0.717, 1.165) is 50.3 Å². The van der Waals surface area contributed by atoms with Crippen molar-refractivity contribution in [2.24, 2.45) is 0 Å². The number of rotatable bonds is 9. The van der Waals surface area contributed by atoms with Crippen molar-refractivity contribution in [2.45, 2.75) is 46.6 Å². The molecule has 1 aromatic rings. The Balaban J connectivity index is 2.88. The Morgan fingerprint density at radius 3 is 2.42 bits per heavy atom. The maximum absolute atomic E-state index is 13.4. The zero-order valence-electron chi connectivity index (χ0n) is 12.4. The van der Waals surface area contributed by atoms with Gasteiger partial charge in [0.25, 0.3) is 0 Å². The lowest BCUT2D eigenvalue weighted by atomic mass is 10.2. The van der Waals surface area contributed by atoms with Gasteiger partial charge in [-0.05, 0) is 31.9 Å². The molecule has 0 aliphatic heterocycles. The van der Waals surface area contributed by atoms with Crippen molar-refractivity contribution < 1.29 is 4.39 Å². The molecule has 0 aromatic carbocycles. The Labute approximate surface area is 116 Å². The van der Waals surface area contributed by atoms with Gasteiger partial charge in [0.05, 0.1) is 6.20 Å². The maximum atomic E-state index is 13.4. The number of pyridine rings is 1. The first-order valence-corrected chi connectivity index (χ1v) is 7.32. The highest BCUT2D eigenvalue weighted by Gasteiger charge is 2.12. The smallest absolute Gasteiger partial charge is 0.141 e. The average molecular weight is 267 g/mol. The van der Waals surface area contributed by atoms with Gasteiger partial charge in [-0.25, -0.2) is 9.37 Å². The van der Waals surface area contributed by atoms with Crippen LogP contribution in [0.15, 0.2) is 12.3 Å². The van der Waals surface area contributed by atoms with Crippen LogP contribution in [-0.4, -0.2) is 24.6 Å². The van der Waals surface area contributed by atoms with Gasteiger partial charge in [-0.3, -0.25) is 0 Å². The molecule has 0 unspecified atom stereocenters. The Kier molecular flexibility index (Phi) is 7.41. The molecule has 1 rings (SSSR count). The van der Waals surface area contributed by atoms with Crippen LogP contribution in [0.3, 0.4) is 0 Å². The Hall–Kier alpha value is -1.16. The van der Waals surface area contributed by atoms with E-state index in [9.17, 15) is 4.39 Å². The highest BCUT2D eigenvalue weighted by Crippen LogP contribution is 2.19. The molecule has 1 N–H and O–H groups in total. The van der Waals surface area contributed by atoms with Crippen LogP contribution in [0, 0.1) is 5.82 Å². The number of anilines is 1. The molecule has 0 atom stereocenters. The van der Waals surface area contributed by atoms with Crippen LogP contribution in [0.5, 0.6) is 0 Å². The molecule has 0 fully saturated rings. The number of hydrogen-bond donors (Lipinski definition) is 1. The third-order valence-corrected chi connectivity index (χ3v) is 2.94. The number of aromatic nitrogens is 1. The standard InChI is InChI=1S/C15H26FN3/c1-4-7-17-11-13-10-14(16)12-18-15(13)19(8-5-2)9-6-3/h10,12,17H,4-9,11H2,1-3H3. The predicted octanol–water partition coefficient (Wildman–Crippen LogP) is 3.35. The van der Waals surface area contributed by atoms with E-state index in [1.54, 1.807) is 6.07 Å². The number of nitrogens with zero attached hydrogens (tertiary/aromatic N) is 2. The minimum absolute atomic E-state index is 0.259. The quantitative estimate of drug-likeness (QED) is 0.695. The van der Waals surface area contributed by atoms with Crippen LogP contribution >= 0.6 is 0 Å². The molecule has 0 spiro atoms. The largest absolute Gasteiger partial charge is 0.356 e. The second kappa shape index (κ2) is 8.86. The topological polar surface area (TPSA) is 28.2 Å². The highest BCUT2D eigenvalue weighted by atomic mass is 19.1. The SMILES string of the molecule is CCCNCc1cc(F)cnc1N(CCC)CCC. The molecule has 108 valence electrons. The Bertz CT molecular complexity index is 362. The molecular formula is C15H26FN3. The predicted molar refractivity (Wildman–Crippen MR) is 79.0 cm³/mol. The van der Waals surface area contributed by atoms with Crippen LogP contribution < -0.4 is 10.2 Å². The molecule has 0 radical (unpaired) electrons. The molecule has 1 aromatic heterocycles. The summed E-state index contributed by atoms with van der Waals surface area (Å²) in [5.74, 6) is 0.665. The van der Waals surface area contributed by atoms with Crippen LogP contribution in [0.2, 0.25) is 0 Å². The Morgan fingerprint density at radius 2 is 1.84 bits per heavy atom. The summed E-state index contributed by atoms with van der Waals surface area (Å²) in [5.41, 5.74) is 0.954. The number of halogens is 1. The summed E-state index contributed by atoms with van der Waals surface area (Å²) in [6, 6.07) is 1.60. The van der Waals surface area contributed by atoms with Crippen LogP contribution in [-0.2, 0) is 6.54 Å². The lowest BCUT2D eigenvalue weighted by molar-refractivity contribution is 0.608. The van der Waals surface area contributed by atoms with Gasteiger partial charge in [-0.1, -0.05) is 20.8 Å². The van der Waals surface area contributed by atoms with E-state index >= 15 is 0 Å². The minimum Gasteiger partial charge on any atom is -0.356 e. The van der Waals surface area contributed by atoms with Gasteiger partial charge in [0.2, 0.25) is 0 Å². The van der Waals surface area contributed by atoms with Gasteiger partial charge in [0.1, 0.15) is 11.6 Å². The summed E-state index contributed by atoms with van der Waals surface area (Å²) in [6.45, 7) is 9.98. The van der Waals surface area contributed by atoms with Crippen molar-refractivity contribution >= 4 is 5.82 Å². The van der Waals surface area contributed by atoms with Gasteiger partial charge < -0.3 is 10.2 Å². The van der Waals surface area contributed by atoms with Crippen LogP contribution in [0.25, 0.3) is 0 Å². The molecule has 0 bridgehead atoms. The lowest BCUT2D eigenvalue weighted by Gasteiger charge is -2.25. The number of nitrogens with one attached hydrogen (secondary N) is 1. The zero-order valence-corrected chi connectivity index (χ0v) is 12.4. The average Bonchev–Trinajstić information content (AvgIpc) is 2.39. The summed E-state index contributed by atoms with van der Waals surface area (Å²) in [4.78, 5) is 6.56. The van der Waals surface area contributed by atoms with E-state index in [0.29, 0.717) is 6.54 Å². The highest BCUT2D eigenvalue weighted by molar-refractivity contribution is 5.46. The fourth-order valence-corrected chi connectivity index (χ4v) is 2.15. The molecule has 0 amide bonds. The van der Waals surface area contributed by atoms with Crippen molar-refractivity contribution in [1.82, 2.24) is 10.3 Å². The fourth-order valence-electron chi connectivity index (χ4n) is 2.15. The molecule has 1 heterocycles. The third-order valence-electron chi connectivity index (χ3n) is 2.94. The molecule has 19 heavy (non-hydrogen) atoms. The van der Waals surface area contributed by atoms with Crippen molar-refractivity contribution in [3.05, 3.63) is 23.6 Å².